The molecule has 2 aromatic rings. The smallest absolute Gasteiger partial charge is 0.133 e. The molecular formula is C12H15ClN4. The first-order chi connectivity index (χ1) is 8.10. The van der Waals surface area contributed by atoms with Crippen molar-refractivity contribution in [3.05, 3.63) is 29.4 Å². The normalized spacial score (nSPS) is 12.7. The molecule has 0 aliphatic heterocycles. The van der Waals surface area contributed by atoms with Crippen molar-refractivity contribution < 1.29 is 0 Å². The van der Waals surface area contributed by atoms with Crippen LogP contribution in [0.3, 0.4) is 0 Å². The van der Waals surface area contributed by atoms with Gasteiger partial charge in [-0.15, -0.1) is 0 Å². The lowest BCUT2D eigenvalue weighted by molar-refractivity contribution is 0.679. The van der Waals surface area contributed by atoms with Gasteiger partial charge in [0.05, 0.1) is 11.9 Å². The van der Waals surface area contributed by atoms with Gasteiger partial charge < -0.3 is 0 Å². The predicted octanol–water partition coefficient (Wildman–Crippen LogP) is 3.04. The molecule has 0 aliphatic rings. The van der Waals surface area contributed by atoms with Crippen molar-refractivity contribution >= 4 is 11.6 Å². The Hall–Kier alpha value is -1.42. The van der Waals surface area contributed by atoms with E-state index in [2.05, 4.69) is 28.9 Å². The summed E-state index contributed by atoms with van der Waals surface area (Å²) in [5.74, 6) is 1.10. The highest BCUT2D eigenvalue weighted by atomic mass is 35.5. The van der Waals surface area contributed by atoms with Gasteiger partial charge in [0, 0.05) is 30.8 Å². The highest BCUT2D eigenvalue weighted by Gasteiger charge is 2.11. The molecule has 0 radical (unpaired) electrons. The Morgan fingerprint density at radius 3 is 2.76 bits per heavy atom. The summed E-state index contributed by atoms with van der Waals surface area (Å²) in [6.07, 6.45) is 4.69. The average Bonchev–Trinajstić information content (AvgIpc) is 2.74. The molecule has 0 spiro atoms. The van der Waals surface area contributed by atoms with E-state index in [0.717, 1.165) is 23.5 Å². The van der Waals surface area contributed by atoms with Crippen LogP contribution >= 0.6 is 11.6 Å². The fourth-order valence-electron chi connectivity index (χ4n) is 1.54. The molecule has 0 saturated carbocycles. The summed E-state index contributed by atoms with van der Waals surface area (Å²) >= 11 is 6.03. The molecule has 0 fully saturated rings. The Morgan fingerprint density at radius 2 is 2.18 bits per heavy atom. The topological polar surface area (TPSA) is 43.6 Å². The Balaban J connectivity index is 2.44. The Kier molecular flexibility index (Phi) is 3.43. The van der Waals surface area contributed by atoms with Gasteiger partial charge in [-0.1, -0.05) is 25.4 Å². The number of hydrogen-bond acceptors (Lipinski definition) is 3. The summed E-state index contributed by atoms with van der Waals surface area (Å²) in [5, 5.41) is 4.61. The molecule has 5 heteroatoms. The van der Waals surface area contributed by atoms with Crippen LogP contribution in [-0.4, -0.2) is 19.7 Å². The number of hydrogen-bond donors (Lipinski definition) is 0. The molecule has 0 amide bonds. The second-order valence-corrected chi connectivity index (χ2v) is 4.53. The zero-order chi connectivity index (χ0) is 12.4. The van der Waals surface area contributed by atoms with E-state index in [9.17, 15) is 0 Å². The number of aromatic nitrogens is 4. The minimum absolute atomic E-state index is 0.309. The van der Waals surface area contributed by atoms with E-state index in [1.54, 1.807) is 16.9 Å². The fourth-order valence-corrected chi connectivity index (χ4v) is 1.73. The van der Waals surface area contributed by atoms with Crippen LogP contribution in [0.15, 0.2) is 18.5 Å². The third-order valence-corrected chi connectivity index (χ3v) is 2.96. The first-order valence-electron chi connectivity index (χ1n) is 5.63. The Labute approximate surface area is 106 Å². The largest absolute Gasteiger partial charge is 0.275 e. The SMILES string of the molecule is CCC(C)c1nc(Cl)cc(-c2cnn(C)c2)n1. The van der Waals surface area contributed by atoms with E-state index >= 15 is 0 Å². The summed E-state index contributed by atoms with van der Waals surface area (Å²) < 4.78 is 1.74. The second-order valence-electron chi connectivity index (χ2n) is 4.15. The van der Waals surface area contributed by atoms with Gasteiger partial charge in [-0.05, 0) is 6.42 Å². The molecule has 0 aromatic carbocycles. The number of aryl methyl sites for hydroxylation is 1. The molecule has 1 unspecified atom stereocenters. The lowest BCUT2D eigenvalue weighted by atomic mass is 10.1. The minimum Gasteiger partial charge on any atom is -0.275 e. The minimum atomic E-state index is 0.309. The highest BCUT2D eigenvalue weighted by molar-refractivity contribution is 6.29. The second kappa shape index (κ2) is 4.84. The molecule has 2 aromatic heterocycles. The monoisotopic (exact) mass is 250 g/mol. The Bertz CT molecular complexity index is 521. The van der Waals surface area contributed by atoms with Crippen molar-refractivity contribution in [3.63, 3.8) is 0 Å². The van der Waals surface area contributed by atoms with E-state index in [1.165, 1.54) is 0 Å². The van der Waals surface area contributed by atoms with Crippen LogP contribution in [0.5, 0.6) is 0 Å². The van der Waals surface area contributed by atoms with Gasteiger partial charge in [0.15, 0.2) is 0 Å². The number of halogens is 1. The summed E-state index contributed by atoms with van der Waals surface area (Å²) in [7, 11) is 1.88. The van der Waals surface area contributed by atoms with Crippen molar-refractivity contribution in [2.24, 2.45) is 7.05 Å². The summed E-state index contributed by atoms with van der Waals surface area (Å²) in [6.45, 7) is 4.21. The van der Waals surface area contributed by atoms with Crippen molar-refractivity contribution in [2.75, 3.05) is 0 Å². The molecule has 2 rings (SSSR count). The molecule has 0 saturated heterocycles. The van der Waals surface area contributed by atoms with Crippen LogP contribution < -0.4 is 0 Å². The molecule has 0 aliphatic carbocycles. The third kappa shape index (κ3) is 2.64. The molecule has 1 atom stereocenters. The molecule has 17 heavy (non-hydrogen) atoms. The summed E-state index contributed by atoms with van der Waals surface area (Å²) in [6, 6.07) is 1.77. The quantitative estimate of drug-likeness (QED) is 0.787. The maximum absolute atomic E-state index is 6.03. The zero-order valence-corrected chi connectivity index (χ0v) is 10.9. The van der Waals surface area contributed by atoms with Gasteiger partial charge in [-0.3, -0.25) is 4.68 Å². The molecule has 2 heterocycles. The fraction of sp³-hybridized carbons (Fsp3) is 0.417. The highest BCUT2D eigenvalue weighted by Crippen LogP contribution is 2.23. The average molecular weight is 251 g/mol. The van der Waals surface area contributed by atoms with Gasteiger partial charge in [-0.25, -0.2) is 9.97 Å². The lowest BCUT2D eigenvalue weighted by Gasteiger charge is -2.08. The van der Waals surface area contributed by atoms with Gasteiger partial charge in [-0.2, -0.15) is 5.10 Å². The molecule has 90 valence electrons. The van der Waals surface area contributed by atoms with Crippen molar-refractivity contribution in [1.29, 1.82) is 0 Å². The molecule has 0 bridgehead atoms. The van der Waals surface area contributed by atoms with Crippen LogP contribution in [0.2, 0.25) is 5.15 Å². The van der Waals surface area contributed by atoms with E-state index in [1.807, 2.05) is 13.2 Å². The number of nitrogens with zero attached hydrogens (tertiary/aromatic N) is 4. The standard InChI is InChI=1S/C12H15ClN4/c1-4-8(2)12-15-10(5-11(13)16-12)9-6-14-17(3)7-9/h5-8H,4H2,1-3H3. The van der Waals surface area contributed by atoms with Gasteiger partial charge >= 0.3 is 0 Å². The van der Waals surface area contributed by atoms with E-state index in [-0.39, 0.29) is 0 Å². The van der Waals surface area contributed by atoms with Gasteiger partial charge in [0.2, 0.25) is 0 Å². The predicted molar refractivity (Wildman–Crippen MR) is 68.0 cm³/mol. The van der Waals surface area contributed by atoms with Crippen LogP contribution in [0.4, 0.5) is 0 Å². The van der Waals surface area contributed by atoms with Crippen molar-refractivity contribution in [1.82, 2.24) is 19.7 Å². The maximum Gasteiger partial charge on any atom is 0.133 e. The molecular weight excluding hydrogens is 236 g/mol. The van der Waals surface area contributed by atoms with Crippen LogP contribution in [0, 0.1) is 0 Å². The van der Waals surface area contributed by atoms with Crippen LogP contribution in [0.1, 0.15) is 32.0 Å². The van der Waals surface area contributed by atoms with E-state index in [0.29, 0.717) is 11.1 Å². The third-order valence-electron chi connectivity index (χ3n) is 2.77. The zero-order valence-electron chi connectivity index (χ0n) is 10.2. The molecule has 0 N–H and O–H groups in total. The lowest BCUT2D eigenvalue weighted by Crippen LogP contribution is -2.01. The maximum atomic E-state index is 6.03. The van der Waals surface area contributed by atoms with Gasteiger partial charge in [0.1, 0.15) is 11.0 Å². The molecule has 4 nitrogen and oxygen atoms in total. The first kappa shape index (κ1) is 12.0. The Morgan fingerprint density at radius 1 is 1.41 bits per heavy atom. The number of rotatable bonds is 3. The van der Waals surface area contributed by atoms with Crippen molar-refractivity contribution in [3.8, 4) is 11.3 Å². The summed E-state index contributed by atoms with van der Waals surface area (Å²) in [4.78, 5) is 8.80. The summed E-state index contributed by atoms with van der Waals surface area (Å²) in [5.41, 5.74) is 1.79. The van der Waals surface area contributed by atoms with Crippen LogP contribution in [0.25, 0.3) is 11.3 Å². The van der Waals surface area contributed by atoms with Crippen molar-refractivity contribution in [2.45, 2.75) is 26.2 Å². The first-order valence-corrected chi connectivity index (χ1v) is 6.01. The van der Waals surface area contributed by atoms with E-state index < -0.39 is 0 Å². The van der Waals surface area contributed by atoms with Gasteiger partial charge in [0.25, 0.3) is 0 Å². The van der Waals surface area contributed by atoms with E-state index in [4.69, 9.17) is 11.6 Å². The van der Waals surface area contributed by atoms with Crippen LogP contribution in [-0.2, 0) is 7.05 Å².